The molecule has 1 N–H and O–H groups in total. The molecule has 0 fully saturated rings. The normalized spacial score (nSPS) is 10.8. The van der Waals surface area contributed by atoms with Crippen molar-refractivity contribution in [1.29, 1.82) is 0 Å². The molecule has 1 aromatic rings. The summed E-state index contributed by atoms with van der Waals surface area (Å²) in [5, 5.41) is 6.91. The number of aromatic nitrogens is 2. The van der Waals surface area contributed by atoms with Gasteiger partial charge in [0.2, 0.25) is 5.89 Å². The first-order valence-electron chi connectivity index (χ1n) is 5.40. The molecule has 0 spiro atoms. The average molecular weight is 213 g/mol. The minimum atomic E-state index is 0.448. The number of ether oxygens (including phenoxy) is 1. The van der Waals surface area contributed by atoms with Crippen LogP contribution in [0.2, 0.25) is 0 Å². The first kappa shape index (κ1) is 12.1. The maximum atomic E-state index is 5.31. The van der Waals surface area contributed by atoms with Gasteiger partial charge in [0.25, 0.3) is 0 Å². The number of hydrogen-bond acceptors (Lipinski definition) is 5. The fourth-order valence-corrected chi connectivity index (χ4v) is 1.17. The molecule has 1 rings (SSSR count). The SMILES string of the molecule is CCCOCc1noc(CCCNC)n1. The van der Waals surface area contributed by atoms with Gasteiger partial charge in [0.15, 0.2) is 5.82 Å². The fourth-order valence-electron chi connectivity index (χ4n) is 1.17. The first-order valence-corrected chi connectivity index (χ1v) is 5.40. The molecule has 0 bridgehead atoms. The second-order valence-electron chi connectivity index (χ2n) is 3.36. The van der Waals surface area contributed by atoms with Gasteiger partial charge in [0, 0.05) is 13.0 Å². The summed E-state index contributed by atoms with van der Waals surface area (Å²) in [6.45, 7) is 4.22. The van der Waals surface area contributed by atoms with Crippen molar-refractivity contribution < 1.29 is 9.26 Å². The number of nitrogens with one attached hydrogen (secondary N) is 1. The molecule has 86 valence electrons. The summed E-state index contributed by atoms with van der Waals surface area (Å²) in [6.07, 6.45) is 2.84. The summed E-state index contributed by atoms with van der Waals surface area (Å²) in [6, 6.07) is 0. The van der Waals surface area contributed by atoms with Crippen molar-refractivity contribution in [1.82, 2.24) is 15.5 Å². The van der Waals surface area contributed by atoms with Gasteiger partial charge in [-0.05, 0) is 26.4 Å². The fraction of sp³-hybridized carbons (Fsp3) is 0.800. The second kappa shape index (κ2) is 7.36. The van der Waals surface area contributed by atoms with Crippen molar-refractivity contribution in [2.45, 2.75) is 32.8 Å². The Balaban J connectivity index is 2.23. The molecule has 5 nitrogen and oxygen atoms in total. The third-order valence-corrected chi connectivity index (χ3v) is 1.91. The highest BCUT2D eigenvalue weighted by Crippen LogP contribution is 2.01. The Labute approximate surface area is 90.2 Å². The van der Waals surface area contributed by atoms with E-state index in [9.17, 15) is 0 Å². The highest BCUT2D eigenvalue weighted by molar-refractivity contribution is 4.84. The van der Waals surface area contributed by atoms with Crippen LogP contribution in [-0.4, -0.2) is 30.3 Å². The Hall–Kier alpha value is -0.940. The van der Waals surface area contributed by atoms with Crippen molar-refractivity contribution in [3.05, 3.63) is 11.7 Å². The zero-order valence-electron chi connectivity index (χ0n) is 9.45. The van der Waals surface area contributed by atoms with Gasteiger partial charge in [0.1, 0.15) is 6.61 Å². The molecule has 0 aliphatic carbocycles. The van der Waals surface area contributed by atoms with Crippen LogP contribution in [0.4, 0.5) is 0 Å². The van der Waals surface area contributed by atoms with E-state index in [0.717, 1.165) is 32.4 Å². The van der Waals surface area contributed by atoms with Gasteiger partial charge in [-0.3, -0.25) is 0 Å². The van der Waals surface area contributed by atoms with E-state index in [4.69, 9.17) is 9.26 Å². The minimum Gasteiger partial charge on any atom is -0.373 e. The Kier molecular flexibility index (Phi) is 5.96. The monoisotopic (exact) mass is 213 g/mol. The Morgan fingerprint density at radius 2 is 2.33 bits per heavy atom. The van der Waals surface area contributed by atoms with Crippen LogP contribution in [0.15, 0.2) is 4.52 Å². The lowest BCUT2D eigenvalue weighted by Crippen LogP contribution is -2.08. The third kappa shape index (κ3) is 4.90. The summed E-state index contributed by atoms with van der Waals surface area (Å²) >= 11 is 0. The largest absolute Gasteiger partial charge is 0.373 e. The van der Waals surface area contributed by atoms with Crippen LogP contribution in [0, 0.1) is 0 Å². The summed E-state index contributed by atoms with van der Waals surface area (Å²) in [4.78, 5) is 4.22. The zero-order valence-corrected chi connectivity index (χ0v) is 9.45. The molecule has 5 heteroatoms. The van der Waals surface area contributed by atoms with E-state index in [1.165, 1.54) is 0 Å². The lowest BCUT2D eigenvalue weighted by atomic mass is 10.3. The van der Waals surface area contributed by atoms with Crippen molar-refractivity contribution in [2.24, 2.45) is 0 Å². The van der Waals surface area contributed by atoms with Crippen LogP contribution in [0.3, 0.4) is 0 Å². The maximum Gasteiger partial charge on any atom is 0.226 e. The predicted octanol–water partition coefficient (Wildman–Crippen LogP) is 1.15. The van der Waals surface area contributed by atoms with Crippen molar-refractivity contribution in [3.63, 3.8) is 0 Å². The molecule has 0 radical (unpaired) electrons. The lowest BCUT2D eigenvalue weighted by molar-refractivity contribution is 0.114. The number of nitrogens with zero attached hydrogens (tertiary/aromatic N) is 2. The van der Waals surface area contributed by atoms with Crippen LogP contribution < -0.4 is 5.32 Å². The average Bonchev–Trinajstić information content (AvgIpc) is 2.67. The number of aryl methyl sites for hydroxylation is 1. The smallest absolute Gasteiger partial charge is 0.226 e. The molecule has 1 aromatic heterocycles. The molecule has 0 saturated carbocycles. The van der Waals surface area contributed by atoms with E-state index in [0.29, 0.717) is 18.3 Å². The molecule has 0 atom stereocenters. The summed E-state index contributed by atoms with van der Waals surface area (Å²) in [5.74, 6) is 1.34. The Morgan fingerprint density at radius 3 is 3.07 bits per heavy atom. The number of hydrogen-bond donors (Lipinski definition) is 1. The standard InChI is InChI=1S/C10H19N3O2/c1-3-7-14-8-9-12-10(15-13-9)5-4-6-11-2/h11H,3-8H2,1-2H3. The summed E-state index contributed by atoms with van der Waals surface area (Å²) < 4.78 is 10.4. The van der Waals surface area contributed by atoms with Crippen LogP contribution in [-0.2, 0) is 17.8 Å². The van der Waals surface area contributed by atoms with Gasteiger partial charge in [-0.15, -0.1) is 0 Å². The van der Waals surface area contributed by atoms with E-state index in [1.807, 2.05) is 7.05 Å². The van der Waals surface area contributed by atoms with E-state index in [1.54, 1.807) is 0 Å². The van der Waals surface area contributed by atoms with E-state index in [-0.39, 0.29) is 0 Å². The maximum absolute atomic E-state index is 5.31. The molecule has 0 unspecified atom stereocenters. The van der Waals surface area contributed by atoms with E-state index in [2.05, 4.69) is 22.4 Å². The quantitative estimate of drug-likeness (QED) is 0.656. The van der Waals surface area contributed by atoms with Gasteiger partial charge >= 0.3 is 0 Å². The van der Waals surface area contributed by atoms with Crippen LogP contribution in [0.5, 0.6) is 0 Å². The number of rotatable bonds is 8. The Bertz CT molecular complexity index is 238. The predicted molar refractivity (Wildman–Crippen MR) is 56.5 cm³/mol. The van der Waals surface area contributed by atoms with Crippen LogP contribution in [0.1, 0.15) is 31.5 Å². The molecule has 15 heavy (non-hydrogen) atoms. The Morgan fingerprint density at radius 1 is 1.47 bits per heavy atom. The van der Waals surface area contributed by atoms with Gasteiger partial charge in [0.05, 0.1) is 0 Å². The van der Waals surface area contributed by atoms with Gasteiger partial charge < -0.3 is 14.6 Å². The van der Waals surface area contributed by atoms with Crippen molar-refractivity contribution in [3.8, 4) is 0 Å². The zero-order chi connectivity index (χ0) is 10.9. The van der Waals surface area contributed by atoms with E-state index >= 15 is 0 Å². The lowest BCUT2D eigenvalue weighted by Gasteiger charge is -1.95. The summed E-state index contributed by atoms with van der Waals surface area (Å²) in [7, 11) is 1.93. The van der Waals surface area contributed by atoms with Crippen molar-refractivity contribution >= 4 is 0 Å². The molecule has 0 aliphatic heterocycles. The molecular weight excluding hydrogens is 194 g/mol. The van der Waals surface area contributed by atoms with Crippen LogP contribution >= 0.6 is 0 Å². The molecule has 0 aromatic carbocycles. The molecule has 0 saturated heterocycles. The first-order chi connectivity index (χ1) is 7.36. The van der Waals surface area contributed by atoms with Gasteiger partial charge in [-0.25, -0.2) is 0 Å². The minimum absolute atomic E-state index is 0.448. The third-order valence-electron chi connectivity index (χ3n) is 1.91. The molecule has 0 amide bonds. The molecular formula is C10H19N3O2. The van der Waals surface area contributed by atoms with E-state index < -0.39 is 0 Å². The molecule has 0 aliphatic rings. The summed E-state index contributed by atoms with van der Waals surface area (Å²) in [5.41, 5.74) is 0. The molecule has 1 heterocycles. The highest BCUT2D eigenvalue weighted by atomic mass is 16.5. The van der Waals surface area contributed by atoms with Gasteiger partial charge in [-0.1, -0.05) is 12.1 Å². The van der Waals surface area contributed by atoms with Gasteiger partial charge in [-0.2, -0.15) is 4.98 Å². The highest BCUT2D eigenvalue weighted by Gasteiger charge is 2.05. The topological polar surface area (TPSA) is 60.2 Å². The van der Waals surface area contributed by atoms with Crippen molar-refractivity contribution in [2.75, 3.05) is 20.2 Å². The second-order valence-corrected chi connectivity index (χ2v) is 3.36. The van der Waals surface area contributed by atoms with Crippen LogP contribution in [0.25, 0.3) is 0 Å².